The van der Waals surface area contributed by atoms with Gasteiger partial charge in [0, 0.05) is 15.2 Å². The van der Waals surface area contributed by atoms with Gasteiger partial charge in [-0.15, -0.1) is 0 Å². The molecule has 18 heavy (non-hydrogen) atoms. The highest BCUT2D eigenvalue weighted by atomic mass is 79.9. The van der Waals surface area contributed by atoms with Crippen molar-refractivity contribution < 1.29 is 0 Å². The first kappa shape index (κ1) is 13.5. The predicted octanol–water partition coefficient (Wildman–Crippen LogP) is 4.05. The third kappa shape index (κ3) is 3.31. The molecule has 1 atom stereocenters. The molecule has 2 rings (SSSR count). The summed E-state index contributed by atoms with van der Waals surface area (Å²) in [5.41, 5.74) is 9.08. The monoisotopic (exact) mass is 324 g/mol. The number of aromatic nitrogens is 1. The summed E-state index contributed by atoms with van der Waals surface area (Å²) in [6.45, 7) is 1.96. The van der Waals surface area contributed by atoms with Crippen LogP contribution in [0.2, 0.25) is 5.02 Å². The van der Waals surface area contributed by atoms with Gasteiger partial charge in [-0.3, -0.25) is 4.98 Å². The highest BCUT2D eigenvalue weighted by molar-refractivity contribution is 9.10. The van der Waals surface area contributed by atoms with Crippen molar-refractivity contribution in [2.24, 2.45) is 5.73 Å². The minimum Gasteiger partial charge on any atom is -0.322 e. The molecule has 94 valence electrons. The molecule has 1 aromatic heterocycles. The number of hydrogen-bond donors (Lipinski definition) is 1. The first-order chi connectivity index (χ1) is 8.56. The van der Waals surface area contributed by atoms with E-state index in [0.717, 1.165) is 26.4 Å². The van der Waals surface area contributed by atoms with E-state index in [-0.39, 0.29) is 6.04 Å². The summed E-state index contributed by atoms with van der Waals surface area (Å²) < 4.78 is 0.971. The maximum absolute atomic E-state index is 6.19. The number of nitrogens with zero attached hydrogens (tertiary/aromatic N) is 1. The molecule has 2 nitrogen and oxygen atoms in total. The molecule has 0 amide bonds. The molecule has 0 saturated heterocycles. The van der Waals surface area contributed by atoms with Crippen LogP contribution in [0.25, 0.3) is 0 Å². The highest BCUT2D eigenvalue weighted by Gasteiger charge is 2.11. The predicted molar refractivity (Wildman–Crippen MR) is 78.8 cm³/mol. The van der Waals surface area contributed by atoms with Gasteiger partial charge < -0.3 is 5.73 Å². The number of nitrogens with two attached hydrogens (primary N) is 1. The zero-order valence-electron chi connectivity index (χ0n) is 10.0. The van der Waals surface area contributed by atoms with Crippen molar-refractivity contribution in [2.75, 3.05) is 0 Å². The second-order valence-electron chi connectivity index (χ2n) is 4.25. The Balaban J connectivity index is 2.18. The standard InChI is InChI=1S/C14H14BrClN2/c1-9-3-2-4-14(18-9)13(17)7-10-5-6-11(15)8-12(10)16/h2-6,8,13H,7,17H2,1H3. The van der Waals surface area contributed by atoms with Gasteiger partial charge in [-0.25, -0.2) is 0 Å². The van der Waals surface area contributed by atoms with Crippen LogP contribution in [0.3, 0.4) is 0 Å². The lowest BCUT2D eigenvalue weighted by Crippen LogP contribution is -2.15. The van der Waals surface area contributed by atoms with Gasteiger partial charge in [0.15, 0.2) is 0 Å². The van der Waals surface area contributed by atoms with E-state index in [1.54, 1.807) is 0 Å². The Morgan fingerprint density at radius 3 is 2.78 bits per heavy atom. The Labute approximate surface area is 120 Å². The molecule has 0 saturated carbocycles. The highest BCUT2D eigenvalue weighted by Crippen LogP contribution is 2.24. The van der Waals surface area contributed by atoms with Crippen molar-refractivity contribution >= 4 is 27.5 Å². The Morgan fingerprint density at radius 1 is 1.33 bits per heavy atom. The van der Waals surface area contributed by atoms with Gasteiger partial charge >= 0.3 is 0 Å². The molecule has 1 heterocycles. The minimum atomic E-state index is -0.136. The van der Waals surface area contributed by atoms with E-state index in [2.05, 4.69) is 20.9 Å². The Hall–Kier alpha value is -0.900. The lowest BCUT2D eigenvalue weighted by molar-refractivity contribution is 0.693. The van der Waals surface area contributed by atoms with Gasteiger partial charge in [-0.05, 0) is 43.2 Å². The maximum atomic E-state index is 6.19. The van der Waals surface area contributed by atoms with Crippen LogP contribution in [-0.4, -0.2) is 4.98 Å². The molecule has 0 aliphatic heterocycles. The molecule has 0 bridgehead atoms. The second-order valence-corrected chi connectivity index (χ2v) is 5.57. The van der Waals surface area contributed by atoms with Crippen LogP contribution in [0.5, 0.6) is 0 Å². The van der Waals surface area contributed by atoms with Gasteiger partial charge in [0.25, 0.3) is 0 Å². The molecule has 1 aromatic carbocycles. The summed E-state index contributed by atoms with van der Waals surface area (Å²) in [6, 6.07) is 11.6. The molecule has 0 radical (unpaired) electrons. The van der Waals surface area contributed by atoms with Crippen molar-refractivity contribution in [1.29, 1.82) is 0 Å². The Bertz CT molecular complexity index is 557. The summed E-state index contributed by atoms with van der Waals surface area (Å²) in [4.78, 5) is 4.44. The fraction of sp³-hybridized carbons (Fsp3) is 0.214. The third-order valence-corrected chi connectivity index (χ3v) is 3.59. The topological polar surface area (TPSA) is 38.9 Å². The third-order valence-electron chi connectivity index (χ3n) is 2.74. The number of rotatable bonds is 3. The van der Waals surface area contributed by atoms with E-state index in [9.17, 15) is 0 Å². The zero-order chi connectivity index (χ0) is 13.1. The molecular weight excluding hydrogens is 312 g/mol. The molecule has 4 heteroatoms. The first-order valence-corrected chi connectivity index (χ1v) is 6.86. The molecule has 0 fully saturated rings. The summed E-state index contributed by atoms with van der Waals surface area (Å²) in [5, 5.41) is 0.729. The average Bonchev–Trinajstić information content (AvgIpc) is 2.32. The van der Waals surface area contributed by atoms with Crippen LogP contribution in [-0.2, 0) is 6.42 Å². The van der Waals surface area contributed by atoms with E-state index in [0.29, 0.717) is 6.42 Å². The summed E-state index contributed by atoms with van der Waals surface area (Å²) in [5.74, 6) is 0. The van der Waals surface area contributed by atoms with Crippen LogP contribution in [0.15, 0.2) is 40.9 Å². The number of aryl methyl sites for hydroxylation is 1. The smallest absolute Gasteiger partial charge is 0.0577 e. The first-order valence-electron chi connectivity index (χ1n) is 5.69. The van der Waals surface area contributed by atoms with E-state index in [1.165, 1.54) is 0 Å². The summed E-state index contributed by atoms with van der Waals surface area (Å²) >= 11 is 9.58. The number of pyridine rings is 1. The van der Waals surface area contributed by atoms with Gasteiger partial charge in [-0.1, -0.05) is 39.7 Å². The van der Waals surface area contributed by atoms with Crippen molar-refractivity contribution in [3.05, 3.63) is 62.8 Å². The molecule has 0 aliphatic rings. The van der Waals surface area contributed by atoms with E-state index < -0.39 is 0 Å². The molecule has 0 aliphatic carbocycles. The van der Waals surface area contributed by atoms with Gasteiger partial charge in [0.05, 0.1) is 11.7 Å². The summed E-state index contributed by atoms with van der Waals surface area (Å²) in [6.07, 6.45) is 0.683. The fourth-order valence-electron chi connectivity index (χ4n) is 1.80. The van der Waals surface area contributed by atoms with Crippen molar-refractivity contribution in [3.8, 4) is 0 Å². The SMILES string of the molecule is Cc1cccc(C(N)Cc2ccc(Br)cc2Cl)n1. The van der Waals surface area contributed by atoms with Crippen molar-refractivity contribution in [1.82, 2.24) is 4.98 Å². The normalized spacial score (nSPS) is 12.4. The number of hydrogen-bond acceptors (Lipinski definition) is 2. The van der Waals surface area contributed by atoms with E-state index in [4.69, 9.17) is 17.3 Å². The van der Waals surface area contributed by atoms with Crippen LogP contribution < -0.4 is 5.73 Å². The Kier molecular flexibility index (Phi) is 4.38. The lowest BCUT2D eigenvalue weighted by Gasteiger charge is -2.13. The zero-order valence-corrected chi connectivity index (χ0v) is 12.4. The van der Waals surface area contributed by atoms with Crippen LogP contribution in [0.1, 0.15) is 23.0 Å². The van der Waals surface area contributed by atoms with Gasteiger partial charge in [0.1, 0.15) is 0 Å². The lowest BCUT2D eigenvalue weighted by atomic mass is 10.0. The quantitative estimate of drug-likeness (QED) is 0.924. The van der Waals surface area contributed by atoms with Crippen LogP contribution in [0, 0.1) is 6.92 Å². The average molecular weight is 326 g/mol. The molecule has 2 N–H and O–H groups in total. The fourth-order valence-corrected chi connectivity index (χ4v) is 2.55. The van der Waals surface area contributed by atoms with Crippen molar-refractivity contribution in [2.45, 2.75) is 19.4 Å². The van der Waals surface area contributed by atoms with E-state index >= 15 is 0 Å². The number of halogens is 2. The van der Waals surface area contributed by atoms with Crippen LogP contribution in [0.4, 0.5) is 0 Å². The summed E-state index contributed by atoms with van der Waals surface area (Å²) in [7, 11) is 0. The van der Waals surface area contributed by atoms with E-state index in [1.807, 2.05) is 43.3 Å². The molecule has 0 spiro atoms. The molecule has 2 aromatic rings. The number of benzene rings is 1. The van der Waals surface area contributed by atoms with Crippen molar-refractivity contribution in [3.63, 3.8) is 0 Å². The minimum absolute atomic E-state index is 0.136. The Morgan fingerprint density at radius 2 is 2.11 bits per heavy atom. The second kappa shape index (κ2) is 5.83. The van der Waals surface area contributed by atoms with Gasteiger partial charge in [-0.2, -0.15) is 0 Å². The maximum Gasteiger partial charge on any atom is 0.0577 e. The molecule has 1 unspecified atom stereocenters. The molecular formula is C14H14BrClN2. The van der Waals surface area contributed by atoms with Crippen LogP contribution >= 0.6 is 27.5 Å². The largest absolute Gasteiger partial charge is 0.322 e. The van der Waals surface area contributed by atoms with Gasteiger partial charge in [0.2, 0.25) is 0 Å².